The Kier molecular flexibility index (Phi) is 7.28. The van der Waals surface area contributed by atoms with E-state index in [1.807, 2.05) is 30.9 Å². The van der Waals surface area contributed by atoms with Crippen LogP contribution in [0.2, 0.25) is 0 Å². The Labute approximate surface area is 215 Å². The van der Waals surface area contributed by atoms with Gasteiger partial charge in [-0.2, -0.15) is 0 Å². The van der Waals surface area contributed by atoms with Crippen molar-refractivity contribution >= 4 is 11.6 Å². The van der Waals surface area contributed by atoms with Crippen LogP contribution in [0, 0.1) is 0 Å². The number of hydrogen-bond acceptors (Lipinski definition) is 4. The Morgan fingerprint density at radius 1 is 0.889 bits per heavy atom. The van der Waals surface area contributed by atoms with Crippen LogP contribution in [0.1, 0.15) is 47.3 Å². The molecule has 188 valence electrons. The van der Waals surface area contributed by atoms with E-state index in [4.69, 9.17) is 4.74 Å². The molecular weight excluding hydrogens is 446 g/mol. The van der Waals surface area contributed by atoms with Gasteiger partial charge in [0.15, 0.2) is 0 Å². The zero-order chi connectivity index (χ0) is 25.1. The number of methoxy groups -OCH3 is 1. The number of para-hydroxylation sites is 1. The third-order valence-corrected chi connectivity index (χ3v) is 7.82. The number of piperidine rings is 1. The van der Waals surface area contributed by atoms with Crippen LogP contribution >= 0.6 is 0 Å². The van der Waals surface area contributed by atoms with E-state index in [1.165, 1.54) is 28.8 Å². The molecule has 0 saturated carbocycles. The first kappa shape index (κ1) is 24.4. The first-order valence-electron chi connectivity index (χ1n) is 13.2. The number of rotatable bonds is 9. The van der Waals surface area contributed by atoms with Gasteiger partial charge in [0.2, 0.25) is 0 Å². The summed E-state index contributed by atoms with van der Waals surface area (Å²) in [5.41, 5.74) is 5.84. The number of nitrogens with zero attached hydrogens (tertiary/aromatic N) is 3. The number of carbonyl (C=O) groups is 1. The number of benzene rings is 3. The highest BCUT2D eigenvalue weighted by atomic mass is 16.5. The first-order chi connectivity index (χ1) is 17.6. The molecule has 2 unspecified atom stereocenters. The summed E-state index contributed by atoms with van der Waals surface area (Å²) in [5.74, 6) is 1.04. The molecule has 3 aromatic rings. The number of amides is 1. The monoisotopic (exact) mass is 483 g/mol. The third kappa shape index (κ3) is 4.85. The molecule has 3 aliphatic rings. The minimum atomic E-state index is 0.0984. The number of piperazine rings is 1. The standard InChI is InChI=1S/C31H37N3O2/c1-4-32(5-2)31(35)25-16-14-23(15-17-25)18-26-12-9-13-29(36-3)30(26)33-21-27-19-28(22-33)34(27)20-24-10-7-6-8-11-24/h6-17,27-28H,4-5,18-22H2,1-3H3. The highest BCUT2D eigenvalue weighted by molar-refractivity contribution is 5.94. The predicted molar refractivity (Wildman–Crippen MR) is 146 cm³/mol. The molecule has 0 spiro atoms. The molecule has 5 nitrogen and oxygen atoms in total. The van der Waals surface area contributed by atoms with Gasteiger partial charge in [0.1, 0.15) is 5.75 Å². The van der Waals surface area contributed by atoms with E-state index >= 15 is 0 Å². The van der Waals surface area contributed by atoms with Gasteiger partial charge in [0.25, 0.3) is 5.91 Å². The van der Waals surface area contributed by atoms with Crippen LogP contribution in [0.4, 0.5) is 5.69 Å². The minimum absolute atomic E-state index is 0.0984. The maximum absolute atomic E-state index is 12.7. The lowest BCUT2D eigenvalue weighted by Crippen LogP contribution is -2.68. The van der Waals surface area contributed by atoms with E-state index in [9.17, 15) is 4.79 Å². The molecule has 0 aliphatic carbocycles. The average Bonchev–Trinajstić information content (AvgIpc) is 2.93. The van der Waals surface area contributed by atoms with Crippen molar-refractivity contribution in [2.24, 2.45) is 0 Å². The van der Waals surface area contributed by atoms with Crippen molar-refractivity contribution in [2.45, 2.75) is 45.3 Å². The molecule has 3 aliphatic heterocycles. The van der Waals surface area contributed by atoms with E-state index in [2.05, 4.69) is 70.5 Å². The van der Waals surface area contributed by atoms with E-state index in [0.717, 1.165) is 50.5 Å². The molecule has 6 rings (SSSR count). The van der Waals surface area contributed by atoms with Crippen molar-refractivity contribution in [3.8, 4) is 5.75 Å². The molecule has 1 amide bonds. The molecule has 36 heavy (non-hydrogen) atoms. The van der Waals surface area contributed by atoms with Crippen LogP contribution in [0.15, 0.2) is 72.8 Å². The van der Waals surface area contributed by atoms with Crippen LogP contribution in [0.5, 0.6) is 5.75 Å². The maximum Gasteiger partial charge on any atom is 0.253 e. The normalized spacial score (nSPS) is 19.0. The van der Waals surface area contributed by atoms with Crippen LogP contribution in [0.25, 0.3) is 0 Å². The Bertz CT molecular complexity index is 1160. The molecule has 3 aromatic carbocycles. The zero-order valence-corrected chi connectivity index (χ0v) is 21.7. The van der Waals surface area contributed by atoms with Crippen molar-refractivity contribution < 1.29 is 9.53 Å². The van der Waals surface area contributed by atoms with Crippen LogP contribution < -0.4 is 9.64 Å². The molecule has 0 N–H and O–H groups in total. The predicted octanol–water partition coefficient (Wildman–Crippen LogP) is 5.23. The van der Waals surface area contributed by atoms with Gasteiger partial charge in [0.05, 0.1) is 12.8 Å². The molecule has 2 bridgehead atoms. The van der Waals surface area contributed by atoms with Crippen molar-refractivity contribution in [3.05, 3.63) is 95.1 Å². The fourth-order valence-electron chi connectivity index (χ4n) is 5.83. The van der Waals surface area contributed by atoms with Gasteiger partial charge in [-0.15, -0.1) is 0 Å². The molecular formula is C31H37N3O2. The lowest BCUT2D eigenvalue weighted by atomic mass is 9.86. The second kappa shape index (κ2) is 10.8. The Morgan fingerprint density at radius 3 is 2.22 bits per heavy atom. The lowest BCUT2D eigenvalue weighted by molar-refractivity contribution is -0.00859. The van der Waals surface area contributed by atoms with Gasteiger partial charge < -0.3 is 14.5 Å². The van der Waals surface area contributed by atoms with Gasteiger partial charge in [-0.3, -0.25) is 9.69 Å². The number of carbonyl (C=O) groups excluding carboxylic acids is 1. The Balaban J connectivity index is 1.32. The summed E-state index contributed by atoms with van der Waals surface area (Å²) in [6, 6.07) is 26.4. The summed E-state index contributed by atoms with van der Waals surface area (Å²) >= 11 is 0. The van der Waals surface area contributed by atoms with Crippen LogP contribution in [0.3, 0.4) is 0 Å². The van der Waals surface area contributed by atoms with E-state index in [1.54, 1.807) is 7.11 Å². The van der Waals surface area contributed by atoms with Crippen LogP contribution in [-0.2, 0) is 13.0 Å². The van der Waals surface area contributed by atoms with E-state index < -0.39 is 0 Å². The smallest absolute Gasteiger partial charge is 0.253 e. The minimum Gasteiger partial charge on any atom is -0.495 e. The first-order valence-corrected chi connectivity index (χ1v) is 13.2. The Morgan fingerprint density at radius 2 is 1.58 bits per heavy atom. The molecule has 0 aromatic heterocycles. The van der Waals surface area contributed by atoms with E-state index in [0.29, 0.717) is 12.1 Å². The largest absolute Gasteiger partial charge is 0.495 e. The number of anilines is 1. The summed E-state index contributed by atoms with van der Waals surface area (Å²) in [6.07, 6.45) is 2.09. The summed E-state index contributed by atoms with van der Waals surface area (Å²) in [4.78, 5) is 19.7. The summed E-state index contributed by atoms with van der Waals surface area (Å²) in [7, 11) is 1.77. The van der Waals surface area contributed by atoms with Crippen molar-refractivity contribution in [1.82, 2.24) is 9.80 Å². The van der Waals surface area contributed by atoms with E-state index in [-0.39, 0.29) is 5.91 Å². The average molecular weight is 484 g/mol. The molecule has 0 radical (unpaired) electrons. The highest BCUT2D eigenvalue weighted by Gasteiger charge is 2.45. The van der Waals surface area contributed by atoms with Crippen molar-refractivity contribution in [3.63, 3.8) is 0 Å². The molecule has 2 atom stereocenters. The van der Waals surface area contributed by atoms with Gasteiger partial charge in [-0.05, 0) is 61.6 Å². The molecule has 3 heterocycles. The molecule has 3 saturated heterocycles. The van der Waals surface area contributed by atoms with Gasteiger partial charge >= 0.3 is 0 Å². The van der Waals surface area contributed by atoms with Gasteiger partial charge in [-0.25, -0.2) is 0 Å². The second-order valence-electron chi connectivity index (χ2n) is 9.93. The zero-order valence-electron chi connectivity index (χ0n) is 21.7. The third-order valence-electron chi connectivity index (χ3n) is 7.82. The fraction of sp³-hybridized carbons (Fsp3) is 0.387. The van der Waals surface area contributed by atoms with Crippen LogP contribution in [-0.4, -0.2) is 61.1 Å². The summed E-state index contributed by atoms with van der Waals surface area (Å²) in [5, 5.41) is 0. The lowest BCUT2D eigenvalue weighted by Gasteiger charge is -2.57. The molecule has 5 heteroatoms. The topological polar surface area (TPSA) is 36.0 Å². The number of ether oxygens (including phenoxy) is 1. The molecule has 3 fully saturated rings. The SMILES string of the molecule is CCN(CC)C(=O)c1ccc(Cc2cccc(OC)c2N2CC3CC(C2)N3Cc2ccccc2)cc1. The number of fused-ring (bicyclic) bond motifs is 2. The number of hydrogen-bond donors (Lipinski definition) is 0. The fourth-order valence-corrected chi connectivity index (χ4v) is 5.83. The van der Waals surface area contributed by atoms with Gasteiger partial charge in [-0.1, -0.05) is 54.6 Å². The summed E-state index contributed by atoms with van der Waals surface area (Å²) in [6.45, 7) is 8.57. The Hall–Kier alpha value is -3.31. The second-order valence-corrected chi connectivity index (χ2v) is 9.93. The van der Waals surface area contributed by atoms with Crippen molar-refractivity contribution in [2.75, 3.05) is 38.2 Å². The summed E-state index contributed by atoms with van der Waals surface area (Å²) < 4.78 is 5.85. The van der Waals surface area contributed by atoms with Gasteiger partial charge in [0, 0.05) is 50.4 Å². The van der Waals surface area contributed by atoms with Crippen molar-refractivity contribution in [1.29, 1.82) is 0 Å². The highest BCUT2D eigenvalue weighted by Crippen LogP contribution is 2.41. The quantitative estimate of drug-likeness (QED) is 0.418. The maximum atomic E-state index is 12.7.